The van der Waals surface area contributed by atoms with Gasteiger partial charge in [-0.1, -0.05) is 10.3 Å². The fourth-order valence-electron chi connectivity index (χ4n) is 2.00. The van der Waals surface area contributed by atoms with Crippen LogP contribution < -0.4 is 11.2 Å². The molecule has 1 aliphatic rings. The van der Waals surface area contributed by atoms with Gasteiger partial charge < -0.3 is 20.2 Å². The van der Waals surface area contributed by atoms with Crippen LogP contribution in [0.2, 0.25) is 0 Å². The van der Waals surface area contributed by atoms with Crippen molar-refractivity contribution in [1.29, 1.82) is 0 Å². The molecular weight excluding hydrogens is 291 g/mol. The number of nitrogens with zero attached hydrogens (tertiary/aromatic N) is 5. The molecule has 1 aromatic rings. The quantitative estimate of drug-likeness (QED) is 0.178. The first-order chi connectivity index (χ1) is 9.96. The number of rotatable bonds is 3. The topological polar surface area (TPSA) is 169 Å². The van der Waals surface area contributed by atoms with Crippen molar-refractivity contribution in [1.82, 2.24) is 9.55 Å². The molecule has 114 valence electrons. The molecule has 1 aliphatic heterocycles. The van der Waals surface area contributed by atoms with E-state index in [9.17, 15) is 14.3 Å². The summed E-state index contributed by atoms with van der Waals surface area (Å²) in [5.41, 5.74) is 7.47. The lowest BCUT2D eigenvalue weighted by atomic mass is 10.1. The molecule has 0 aliphatic carbocycles. The van der Waals surface area contributed by atoms with Crippen LogP contribution in [0, 0.1) is 0 Å². The number of aromatic amines is 1. The van der Waals surface area contributed by atoms with Crippen LogP contribution in [0.4, 0.5) is 4.39 Å². The normalized spacial score (nSPS) is 32.9. The third-order valence-electron chi connectivity index (χ3n) is 3.01. The minimum Gasteiger partial charge on any atom is -0.408 e. The Balaban J connectivity index is 2.57. The maximum absolute atomic E-state index is 14.2. The van der Waals surface area contributed by atoms with Crippen LogP contribution in [0.25, 0.3) is 10.4 Å². The Hall–Kier alpha value is -2.40. The van der Waals surface area contributed by atoms with E-state index in [2.05, 4.69) is 20.2 Å². The Labute approximate surface area is 115 Å². The lowest BCUT2D eigenvalue weighted by Crippen LogP contribution is -2.41. The van der Waals surface area contributed by atoms with Crippen molar-refractivity contribution >= 4 is 0 Å². The van der Waals surface area contributed by atoms with Gasteiger partial charge in [-0.15, -0.1) is 0 Å². The van der Waals surface area contributed by atoms with Crippen LogP contribution in [-0.2, 0) is 4.74 Å². The average molecular weight is 302 g/mol. The van der Waals surface area contributed by atoms with Crippen molar-refractivity contribution < 1.29 is 24.5 Å². The predicted octanol–water partition coefficient (Wildman–Crippen LogP) is -1.31. The van der Waals surface area contributed by atoms with Crippen molar-refractivity contribution in [3.8, 4) is 0 Å². The van der Waals surface area contributed by atoms with Crippen molar-refractivity contribution in [2.24, 2.45) is 10.3 Å². The molecule has 0 aromatic carbocycles. The van der Waals surface area contributed by atoms with Gasteiger partial charge in [0.15, 0.2) is 6.23 Å². The van der Waals surface area contributed by atoms with Gasteiger partial charge in [0.2, 0.25) is 5.62 Å². The molecule has 0 bridgehead atoms. The summed E-state index contributed by atoms with van der Waals surface area (Å²) in [6.07, 6.45) is -2.29. The standard InChI is InChI=1S/C9H11FN6O5/c10-9(3-17)6(19)5(13-15-11)7(21-9)16-2-1-4(18)12-8(16)14-20/h1-2,5-7,17,19-20H,3H2,(H,12,14,18)/t5?,6-,7+,9+/m0/s1. The first-order valence-electron chi connectivity index (χ1n) is 5.66. The van der Waals surface area contributed by atoms with E-state index in [0.29, 0.717) is 0 Å². The number of aromatic nitrogens is 2. The summed E-state index contributed by atoms with van der Waals surface area (Å²) in [6.45, 7) is -1.18. The fraction of sp³-hybridized carbons (Fsp3) is 0.556. The molecule has 0 radical (unpaired) electrons. The third kappa shape index (κ3) is 2.48. The molecule has 21 heavy (non-hydrogen) atoms. The number of nitrogens with one attached hydrogen (secondary N) is 1. The van der Waals surface area contributed by atoms with Gasteiger partial charge in [-0.2, -0.15) is 0 Å². The van der Waals surface area contributed by atoms with E-state index in [4.69, 9.17) is 20.6 Å². The molecule has 12 heteroatoms. The Morgan fingerprint density at radius 2 is 2.38 bits per heavy atom. The number of ether oxygens (including phenoxy) is 1. The second-order valence-corrected chi connectivity index (χ2v) is 4.23. The second kappa shape index (κ2) is 5.54. The summed E-state index contributed by atoms with van der Waals surface area (Å²) in [5, 5.41) is 33.6. The van der Waals surface area contributed by atoms with Crippen LogP contribution in [-0.4, -0.2) is 49.6 Å². The zero-order valence-corrected chi connectivity index (χ0v) is 10.4. The van der Waals surface area contributed by atoms with E-state index in [1.165, 1.54) is 0 Å². The highest BCUT2D eigenvalue weighted by molar-refractivity contribution is 5.00. The van der Waals surface area contributed by atoms with Crippen molar-refractivity contribution in [3.05, 3.63) is 38.7 Å². The molecule has 11 nitrogen and oxygen atoms in total. The highest BCUT2D eigenvalue weighted by Crippen LogP contribution is 2.39. The number of alkyl halides is 1. The monoisotopic (exact) mass is 302 g/mol. The maximum Gasteiger partial charge on any atom is 0.261 e. The zero-order chi connectivity index (χ0) is 15.6. The fourth-order valence-corrected chi connectivity index (χ4v) is 2.00. The number of aliphatic hydroxyl groups is 2. The lowest BCUT2D eigenvalue weighted by molar-refractivity contribution is -0.207. The SMILES string of the molecule is [N-]=[N+]=NC1[C@H](n2ccc(=O)[nH]/c2=N\O)O[C@](F)(CO)[C@H]1O. The van der Waals surface area contributed by atoms with Gasteiger partial charge in [-0.25, -0.2) is 4.39 Å². The molecule has 0 saturated carbocycles. The van der Waals surface area contributed by atoms with Crippen molar-refractivity contribution in [2.75, 3.05) is 6.61 Å². The minimum absolute atomic E-state index is 0.417. The number of aliphatic hydroxyl groups excluding tert-OH is 2. The van der Waals surface area contributed by atoms with Gasteiger partial charge in [-0.3, -0.25) is 14.3 Å². The molecule has 2 rings (SSSR count). The molecule has 4 atom stereocenters. The summed E-state index contributed by atoms with van der Waals surface area (Å²) in [7, 11) is 0. The van der Waals surface area contributed by atoms with Gasteiger partial charge in [0.25, 0.3) is 11.4 Å². The van der Waals surface area contributed by atoms with E-state index < -0.39 is 42.0 Å². The molecule has 0 spiro atoms. The number of azide groups is 1. The Morgan fingerprint density at radius 1 is 1.67 bits per heavy atom. The summed E-state index contributed by atoms with van der Waals surface area (Å²) in [4.78, 5) is 15.8. The van der Waals surface area contributed by atoms with Crippen LogP contribution in [0.5, 0.6) is 0 Å². The van der Waals surface area contributed by atoms with Crippen LogP contribution in [0.1, 0.15) is 6.23 Å². The van der Waals surface area contributed by atoms with E-state index in [1.54, 1.807) is 0 Å². The molecule has 1 unspecified atom stereocenters. The number of H-pyrrole nitrogens is 1. The summed E-state index contributed by atoms with van der Waals surface area (Å²) in [6, 6.07) is -0.432. The Kier molecular flexibility index (Phi) is 3.95. The van der Waals surface area contributed by atoms with E-state index >= 15 is 0 Å². The average Bonchev–Trinajstić information content (AvgIpc) is 2.73. The van der Waals surface area contributed by atoms with E-state index in [1.807, 2.05) is 0 Å². The van der Waals surface area contributed by atoms with Gasteiger partial charge in [-0.05, 0) is 5.53 Å². The molecule has 1 aromatic heterocycles. The zero-order valence-electron chi connectivity index (χ0n) is 10.4. The molecule has 1 saturated heterocycles. The first-order valence-corrected chi connectivity index (χ1v) is 5.66. The summed E-state index contributed by atoms with van der Waals surface area (Å²) in [5.74, 6) is -2.86. The lowest BCUT2D eigenvalue weighted by Gasteiger charge is -2.20. The number of halogens is 1. The highest BCUT2D eigenvalue weighted by atomic mass is 19.2. The second-order valence-electron chi connectivity index (χ2n) is 4.23. The number of hydrogen-bond donors (Lipinski definition) is 4. The molecule has 2 heterocycles. The van der Waals surface area contributed by atoms with Crippen molar-refractivity contribution in [3.63, 3.8) is 0 Å². The van der Waals surface area contributed by atoms with Gasteiger partial charge >= 0.3 is 0 Å². The Morgan fingerprint density at radius 3 is 2.95 bits per heavy atom. The third-order valence-corrected chi connectivity index (χ3v) is 3.01. The molecular formula is C9H11FN6O5. The largest absolute Gasteiger partial charge is 0.408 e. The maximum atomic E-state index is 14.2. The number of hydrogen-bond acceptors (Lipinski definition) is 7. The van der Waals surface area contributed by atoms with Crippen LogP contribution in [0.3, 0.4) is 0 Å². The highest BCUT2D eigenvalue weighted by Gasteiger charge is 2.56. The molecule has 0 amide bonds. The summed E-state index contributed by atoms with van der Waals surface area (Å²) < 4.78 is 20.0. The molecule has 1 fully saturated rings. The van der Waals surface area contributed by atoms with Crippen LogP contribution in [0.15, 0.2) is 27.3 Å². The van der Waals surface area contributed by atoms with Gasteiger partial charge in [0, 0.05) is 17.2 Å². The predicted molar refractivity (Wildman–Crippen MR) is 62.4 cm³/mol. The minimum atomic E-state index is -2.86. The Bertz CT molecular complexity index is 696. The molecule has 4 N–H and O–H groups in total. The van der Waals surface area contributed by atoms with Gasteiger partial charge in [0.1, 0.15) is 18.8 Å². The first kappa shape index (κ1) is 15.0. The van der Waals surface area contributed by atoms with Gasteiger partial charge in [0.05, 0.1) is 0 Å². The van der Waals surface area contributed by atoms with Crippen molar-refractivity contribution in [2.45, 2.75) is 24.2 Å². The van der Waals surface area contributed by atoms with E-state index in [-0.39, 0.29) is 0 Å². The van der Waals surface area contributed by atoms with Crippen LogP contribution >= 0.6 is 0 Å². The summed E-state index contributed by atoms with van der Waals surface area (Å²) >= 11 is 0. The smallest absolute Gasteiger partial charge is 0.261 e. The van der Waals surface area contributed by atoms with E-state index in [0.717, 1.165) is 16.8 Å².